The third-order valence-electron chi connectivity index (χ3n) is 3.47. The van der Waals surface area contributed by atoms with Crippen LogP contribution in [0.5, 0.6) is 0 Å². The molecule has 2 aromatic rings. The predicted molar refractivity (Wildman–Crippen MR) is 71.4 cm³/mol. The van der Waals surface area contributed by atoms with E-state index in [1.807, 2.05) is 12.1 Å². The summed E-state index contributed by atoms with van der Waals surface area (Å²) < 4.78 is 2.25. The molecule has 1 aliphatic carbocycles. The van der Waals surface area contributed by atoms with Crippen LogP contribution in [0.25, 0.3) is 10.9 Å². The van der Waals surface area contributed by atoms with E-state index in [1.165, 1.54) is 26.2 Å². The van der Waals surface area contributed by atoms with E-state index < -0.39 is 0 Å². The minimum atomic E-state index is -0.0827. The molecule has 18 heavy (non-hydrogen) atoms. The molecule has 94 valence electrons. The summed E-state index contributed by atoms with van der Waals surface area (Å²) in [5, 5.41) is 3.79. The quantitative estimate of drug-likeness (QED) is 0.897. The molecule has 0 bridgehead atoms. The summed E-state index contributed by atoms with van der Waals surface area (Å²) in [6, 6.07) is 4.04. The van der Waals surface area contributed by atoms with Gasteiger partial charge in [0.05, 0.1) is 5.52 Å². The molecule has 1 amide bonds. The number of hydrogen-bond donors (Lipinski definition) is 1. The lowest BCUT2D eigenvalue weighted by molar-refractivity contribution is -0.114. The van der Waals surface area contributed by atoms with Crippen LogP contribution in [-0.2, 0) is 11.3 Å². The molecular formula is C14H17N3O. The van der Waals surface area contributed by atoms with Gasteiger partial charge in [-0.25, -0.2) is 4.98 Å². The van der Waals surface area contributed by atoms with Crippen molar-refractivity contribution in [2.75, 3.05) is 5.32 Å². The molecule has 0 unspecified atom stereocenters. The minimum absolute atomic E-state index is 0.0827. The minimum Gasteiger partial charge on any atom is -0.347 e. The first-order valence-corrected chi connectivity index (χ1v) is 6.45. The van der Waals surface area contributed by atoms with E-state index in [0.717, 1.165) is 23.4 Å². The van der Waals surface area contributed by atoms with Gasteiger partial charge in [0.25, 0.3) is 0 Å². The van der Waals surface area contributed by atoms with Gasteiger partial charge in [-0.15, -0.1) is 0 Å². The number of fused-ring (bicyclic) bond motifs is 1. The molecule has 0 atom stereocenters. The fourth-order valence-electron chi connectivity index (χ4n) is 2.31. The average Bonchev–Trinajstić information content (AvgIpc) is 3.07. The first-order valence-electron chi connectivity index (χ1n) is 6.45. The van der Waals surface area contributed by atoms with Crippen molar-refractivity contribution in [3.8, 4) is 0 Å². The van der Waals surface area contributed by atoms with Gasteiger partial charge in [-0.2, -0.15) is 0 Å². The van der Waals surface area contributed by atoms with Crippen molar-refractivity contribution in [2.24, 2.45) is 5.92 Å². The van der Waals surface area contributed by atoms with Gasteiger partial charge < -0.3 is 9.88 Å². The van der Waals surface area contributed by atoms with Crippen molar-refractivity contribution >= 4 is 22.6 Å². The van der Waals surface area contributed by atoms with Crippen molar-refractivity contribution in [3.05, 3.63) is 24.5 Å². The number of carbonyl (C=O) groups is 1. The molecule has 2 heterocycles. The van der Waals surface area contributed by atoms with Gasteiger partial charge in [0.15, 0.2) is 0 Å². The van der Waals surface area contributed by atoms with E-state index in [2.05, 4.69) is 21.1 Å². The number of nitrogens with one attached hydrogen (secondary N) is 1. The van der Waals surface area contributed by atoms with Crippen LogP contribution in [0.3, 0.4) is 0 Å². The number of hydrogen-bond acceptors (Lipinski definition) is 2. The van der Waals surface area contributed by atoms with E-state index in [1.54, 1.807) is 6.20 Å². The molecule has 2 aromatic heterocycles. The second-order valence-corrected chi connectivity index (χ2v) is 5.01. The van der Waals surface area contributed by atoms with E-state index >= 15 is 0 Å². The van der Waals surface area contributed by atoms with Gasteiger partial charge in [0, 0.05) is 31.2 Å². The van der Waals surface area contributed by atoms with Gasteiger partial charge in [-0.3, -0.25) is 4.79 Å². The Bertz CT molecular complexity index is 584. The number of rotatable bonds is 4. The number of carbonyl (C=O) groups excluding carboxylic acids is 1. The number of aromatic nitrogens is 2. The molecule has 0 aromatic carbocycles. The van der Waals surface area contributed by atoms with Gasteiger partial charge in [-0.05, 0) is 24.5 Å². The third kappa shape index (κ3) is 2.23. The Balaban J connectivity index is 1.89. The Hall–Kier alpha value is -1.84. The zero-order chi connectivity index (χ0) is 12.5. The maximum Gasteiger partial charge on any atom is 0.222 e. The topological polar surface area (TPSA) is 46.9 Å². The molecule has 1 N–H and O–H groups in total. The van der Waals surface area contributed by atoms with E-state index in [-0.39, 0.29) is 5.91 Å². The van der Waals surface area contributed by atoms with E-state index in [0.29, 0.717) is 5.82 Å². The number of amides is 1. The van der Waals surface area contributed by atoms with Crippen molar-refractivity contribution < 1.29 is 4.79 Å². The Labute approximate surface area is 106 Å². The lowest BCUT2D eigenvalue weighted by Gasteiger charge is -2.06. The van der Waals surface area contributed by atoms with Gasteiger partial charge in [-0.1, -0.05) is 12.8 Å². The summed E-state index contributed by atoms with van der Waals surface area (Å²) >= 11 is 0. The summed E-state index contributed by atoms with van der Waals surface area (Å²) in [4.78, 5) is 15.4. The van der Waals surface area contributed by atoms with Crippen molar-refractivity contribution in [2.45, 2.75) is 32.7 Å². The molecule has 4 nitrogen and oxygen atoms in total. The van der Waals surface area contributed by atoms with Crippen LogP contribution in [0.15, 0.2) is 24.5 Å². The maximum atomic E-state index is 11.1. The number of nitrogens with zero attached hydrogens (tertiary/aromatic N) is 2. The second-order valence-electron chi connectivity index (χ2n) is 5.01. The highest BCUT2D eigenvalue weighted by atomic mass is 16.1. The van der Waals surface area contributed by atoms with Crippen molar-refractivity contribution in [1.29, 1.82) is 0 Å². The molecule has 0 aliphatic heterocycles. The summed E-state index contributed by atoms with van der Waals surface area (Å²) in [5.41, 5.74) is 1.15. The highest BCUT2D eigenvalue weighted by molar-refractivity contribution is 5.98. The van der Waals surface area contributed by atoms with Gasteiger partial charge in [0.2, 0.25) is 5.91 Å². The lowest BCUT2D eigenvalue weighted by Crippen LogP contribution is -2.07. The smallest absolute Gasteiger partial charge is 0.222 e. The van der Waals surface area contributed by atoms with Crippen LogP contribution in [0.1, 0.15) is 26.2 Å². The zero-order valence-electron chi connectivity index (χ0n) is 10.5. The molecule has 0 spiro atoms. The molecule has 0 radical (unpaired) electrons. The zero-order valence-corrected chi connectivity index (χ0v) is 10.5. The summed E-state index contributed by atoms with van der Waals surface area (Å²) in [7, 11) is 0. The first kappa shape index (κ1) is 11.3. The van der Waals surface area contributed by atoms with Crippen LogP contribution in [-0.4, -0.2) is 15.5 Å². The second kappa shape index (κ2) is 4.44. The molecule has 3 rings (SSSR count). The SMILES string of the molecule is CC(=O)Nc1nccc2c1ccn2CCC1CC1. The number of pyridine rings is 1. The monoisotopic (exact) mass is 243 g/mol. The van der Waals surface area contributed by atoms with Gasteiger partial charge >= 0.3 is 0 Å². The maximum absolute atomic E-state index is 11.1. The Morgan fingerprint density at radius 3 is 3.06 bits per heavy atom. The molecule has 1 aliphatic rings. The summed E-state index contributed by atoms with van der Waals surface area (Å²) in [6.45, 7) is 2.56. The Morgan fingerprint density at radius 1 is 1.50 bits per heavy atom. The van der Waals surface area contributed by atoms with Crippen LogP contribution in [0.4, 0.5) is 5.82 Å². The fourth-order valence-corrected chi connectivity index (χ4v) is 2.31. The predicted octanol–water partition coefficient (Wildman–Crippen LogP) is 2.79. The highest BCUT2D eigenvalue weighted by Crippen LogP contribution is 2.33. The number of aryl methyl sites for hydroxylation is 1. The summed E-state index contributed by atoms with van der Waals surface area (Å²) in [6.07, 6.45) is 7.86. The fraction of sp³-hybridized carbons (Fsp3) is 0.429. The van der Waals surface area contributed by atoms with Crippen LogP contribution in [0, 0.1) is 5.92 Å². The van der Waals surface area contributed by atoms with Crippen LogP contribution in [0.2, 0.25) is 0 Å². The van der Waals surface area contributed by atoms with Gasteiger partial charge in [0.1, 0.15) is 5.82 Å². The Kier molecular flexibility index (Phi) is 2.78. The van der Waals surface area contributed by atoms with E-state index in [4.69, 9.17) is 0 Å². The highest BCUT2D eigenvalue weighted by Gasteiger charge is 2.20. The average molecular weight is 243 g/mol. The van der Waals surface area contributed by atoms with Crippen LogP contribution < -0.4 is 5.32 Å². The van der Waals surface area contributed by atoms with Crippen molar-refractivity contribution in [1.82, 2.24) is 9.55 Å². The third-order valence-corrected chi connectivity index (χ3v) is 3.47. The first-order chi connectivity index (χ1) is 8.74. The number of anilines is 1. The largest absolute Gasteiger partial charge is 0.347 e. The molecule has 1 saturated carbocycles. The van der Waals surface area contributed by atoms with E-state index in [9.17, 15) is 4.79 Å². The summed E-state index contributed by atoms with van der Waals surface area (Å²) in [5.74, 6) is 1.50. The molecule has 0 saturated heterocycles. The normalized spacial score (nSPS) is 14.9. The molecule has 1 fully saturated rings. The molecular weight excluding hydrogens is 226 g/mol. The lowest BCUT2D eigenvalue weighted by atomic mass is 10.3. The molecule has 4 heteroatoms. The standard InChI is InChI=1S/C14H17N3O/c1-10(18)16-14-12-6-9-17(8-5-11-2-3-11)13(12)4-7-15-14/h4,6-7,9,11H,2-3,5,8H2,1H3,(H,15,16,18). The Morgan fingerprint density at radius 2 is 2.33 bits per heavy atom. The van der Waals surface area contributed by atoms with Crippen LogP contribution >= 0.6 is 0 Å². The van der Waals surface area contributed by atoms with Crippen molar-refractivity contribution in [3.63, 3.8) is 0 Å².